The van der Waals surface area contributed by atoms with E-state index >= 15 is 0 Å². The van der Waals surface area contributed by atoms with E-state index in [2.05, 4.69) is 16.0 Å². The molecule has 0 heterocycles. The van der Waals surface area contributed by atoms with E-state index in [1.165, 1.54) is 13.8 Å². The molecule has 1 rings (SSSR count). The van der Waals surface area contributed by atoms with Gasteiger partial charge in [-0.3, -0.25) is 29.3 Å². The number of carbonyl (C=O) groups is 5. The molecule has 13 heteroatoms. The Morgan fingerprint density at radius 1 is 0.857 bits per heavy atom. The highest BCUT2D eigenvalue weighted by Gasteiger charge is 2.33. The number of ketones is 1. The van der Waals surface area contributed by atoms with Crippen LogP contribution in [0.15, 0.2) is 0 Å². The Kier molecular flexibility index (Phi) is 9.47. The lowest BCUT2D eigenvalue weighted by Crippen LogP contribution is -2.46. The highest BCUT2D eigenvalue weighted by atomic mass is 127. The van der Waals surface area contributed by atoms with Crippen molar-refractivity contribution in [2.45, 2.75) is 19.9 Å². The molecule has 0 aromatic heterocycles. The van der Waals surface area contributed by atoms with Crippen molar-refractivity contribution in [1.29, 1.82) is 0 Å². The largest absolute Gasteiger partial charge is 0.480 e. The number of Topliss-reactive ketones (excluding diaryl/α,β-unsaturated/α-hetero) is 1. The van der Waals surface area contributed by atoms with Gasteiger partial charge in [0.2, 0.25) is 11.8 Å². The molecular formula is C15H14I3N3O7. The number of carboxylic acid groups (broad SMARTS) is 2. The van der Waals surface area contributed by atoms with Gasteiger partial charge in [-0.1, -0.05) is 0 Å². The number of hydrogen-bond acceptors (Lipinski definition) is 6. The third kappa shape index (κ3) is 6.21. The first-order valence-corrected chi connectivity index (χ1v) is 10.6. The third-order valence-corrected chi connectivity index (χ3v) is 6.37. The number of nitrogens with one attached hydrogen (secondary N) is 3. The summed E-state index contributed by atoms with van der Waals surface area (Å²) in [5.74, 6) is -4.65. The maximum atomic E-state index is 13.0. The summed E-state index contributed by atoms with van der Waals surface area (Å²) in [6.45, 7) is 1.79. The molecule has 5 N–H and O–H groups in total. The number of anilines is 2. The highest BCUT2D eigenvalue weighted by Crippen LogP contribution is 2.39. The fourth-order valence-electron chi connectivity index (χ4n) is 2.08. The van der Waals surface area contributed by atoms with Gasteiger partial charge in [0.1, 0.15) is 0 Å². The molecule has 1 aromatic rings. The zero-order valence-electron chi connectivity index (χ0n) is 14.4. The molecule has 0 saturated heterocycles. The van der Waals surface area contributed by atoms with Crippen LogP contribution in [0.3, 0.4) is 0 Å². The number of carbonyl (C=O) groups excluding carboxylic acids is 3. The van der Waals surface area contributed by atoms with Crippen molar-refractivity contribution in [2.75, 3.05) is 17.2 Å². The molecule has 0 aliphatic rings. The van der Waals surface area contributed by atoms with Gasteiger partial charge in [0.15, 0.2) is 11.8 Å². The van der Waals surface area contributed by atoms with Gasteiger partial charge in [0.25, 0.3) is 0 Å². The van der Waals surface area contributed by atoms with E-state index in [9.17, 15) is 29.1 Å². The zero-order chi connectivity index (χ0) is 21.8. The number of carboxylic acids is 2. The quantitative estimate of drug-likeness (QED) is 0.154. The van der Waals surface area contributed by atoms with Crippen molar-refractivity contribution in [3.8, 4) is 0 Å². The molecule has 2 amide bonds. The smallest absolute Gasteiger partial charge is 0.328 e. The average molecular weight is 729 g/mol. The van der Waals surface area contributed by atoms with Crippen LogP contribution in [0.2, 0.25) is 0 Å². The minimum Gasteiger partial charge on any atom is -0.480 e. The van der Waals surface area contributed by atoms with Crippen LogP contribution in [-0.4, -0.2) is 52.3 Å². The van der Waals surface area contributed by atoms with E-state index in [1.807, 2.05) is 22.6 Å². The molecule has 0 radical (unpaired) electrons. The zero-order valence-corrected chi connectivity index (χ0v) is 20.8. The summed E-state index contributed by atoms with van der Waals surface area (Å²) >= 11 is 5.48. The maximum absolute atomic E-state index is 13.0. The Bertz CT molecular complexity index is 830. The third-order valence-electron chi connectivity index (χ3n) is 3.13. The number of benzene rings is 1. The van der Waals surface area contributed by atoms with Crippen LogP contribution in [0.4, 0.5) is 11.4 Å². The van der Waals surface area contributed by atoms with E-state index in [0.29, 0.717) is 3.57 Å². The second-order valence-corrected chi connectivity index (χ2v) is 8.58. The standard InChI is InChI=1S/C15H14I3N3O7/c1-4(22)20-11-8(16)7(9(17)12(10(11)18)21-5(2)23)14(26)13(15(27)28)19-3-6(24)25/h13,19H,3H2,1-2H3,(H,20,22)(H,21,23)(H,24,25)(H,27,28). The SMILES string of the molecule is CC(=O)Nc1c(I)c(NC(C)=O)c(I)c(C(=O)C(NCC(=O)O)C(=O)O)c1I. The van der Waals surface area contributed by atoms with Crippen LogP contribution in [0.1, 0.15) is 24.2 Å². The minimum absolute atomic E-state index is 0.0561. The van der Waals surface area contributed by atoms with Gasteiger partial charge in [-0.2, -0.15) is 0 Å². The van der Waals surface area contributed by atoms with E-state index in [1.54, 1.807) is 45.2 Å². The summed E-state index contributed by atoms with van der Waals surface area (Å²) < 4.78 is 0.992. The lowest BCUT2D eigenvalue weighted by Gasteiger charge is -2.21. The normalized spacial score (nSPS) is 11.5. The first-order chi connectivity index (χ1) is 12.9. The van der Waals surface area contributed by atoms with E-state index in [4.69, 9.17) is 5.11 Å². The number of hydrogen-bond donors (Lipinski definition) is 5. The number of amides is 2. The van der Waals surface area contributed by atoms with Crippen molar-refractivity contribution >= 4 is 109 Å². The molecule has 1 unspecified atom stereocenters. The summed E-state index contributed by atoms with van der Waals surface area (Å²) in [6, 6.07) is -1.83. The number of rotatable bonds is 8. The molecule has 10 nitrogen and oxygen atoms in total. The molecule has 28 heavy (non-hydrogen) atoms. The predicted octanol–water partition coefficient (Wildman–Crippen LogP) is 1.73. The van der Waals surface area contributed by atoms with Crippen molar-refractivity contribution < 1.29 is 34.2 Å². The Morgan fingerprint density at radius 2 is 1.29 bits per heavy atom. The van der Waals surface area contributed by atoms with E-state index in [0.717, 1.165) is 0 Å². The Morgan fingerprint density at radius 3 is 1.61 bits per heavy atom. The van der Waals surface area contributed by atoms with Crippen LogP contribution in [0, 0.1) is 10.7 Å². The lowest BCUT2D eigenvalue weighted by atomic mass is 10.0. The first-order valence-electron chi connectivity index (χ1n) is 7.36. The maximum Gasteiger partial charge on any atom is 0.328 e. The van der Waals surface area contributed by atoms with Gasteiger partial charge < -0.3 is 20.8 Å². The fraction of sp³-hybridized carbons (Fsp3) is 0.267. The second-order valence-electron chi connectivity index (χ2n) is 5.34. The molecule has 0 spiro atoms. The van der Waals surface area contributed by atoms with Crippen LogP contribution < -0.4 is 16.0 Å². The van der Waals surface area contributed by atoms with Gasteiger partial charge in [0, 0.05) is 21.0 Å². The number of aliphatic carboxylic acids is 2. The molecule has 0 saturated carbocycles. The van der Waals surface area contributed by atoms with Gasteiger partial charge >= 0.3 is 11.9 Å². The van der Waals surface area contributed by atoms with E-state index in [-0.39, 0.29) is 24.1 Å². The molecule has 0 aliphatic carbocycles. The average Bonchev–Trinajstić information content (AvgIpc) is 2.54. The summed E-state index contributed by atoms with van der Waals surface area (Å²) in [5, 5.41) is 25.4. The summed E-state index contributed by atoms with van der Waals surface area (Å²) in [5.41, 5.74) is 0.423. The molecule has 1 atom stereocenters. The van der Waals surface area contributed by atoms with Crippen LogP contribution >= 0.6 is 67.8 Å². The summed E-state index contributed by atoms with van der Waals surface area (Å²) in [7, 11) is 0. The van der Waals surface area contributed by atoms with Gasteiger partial charge in [-0.05, 0) is 67.8 Å². The lowest BCUT2D eigenvalue weighted by molar-refractivity contribution is -0.139. The molecule has 1 aromatic carbocycles. The molecule has 0 fully saturated rings. The van der Waals surface area contributed by atoms with E-state index < -0.39 is 42.1 Å². The Labute approximate surface area is 200 Å². The van der Waals surface area contributed by atoms with Crippen LogP contribution in [0.5, 0.6) is 0 Å². The predicted molar refractivity (Wildman–Crippen MR) is 125 cm³/mol. The highest BCUT2D eigenvalue weighted by molar-refractivity contribution is 14.1. The van der Waals surface area contributed by atoms with Gasteiger partial charge in [-0.25, -0.2) is 0 Å². The van der Waals surface area contributed by atoms with Crippen molar-refractivity contribution in [3.63, 3.8) is 0 Å². The summed E-state index contributed by atoms with van der Waals surface area (Å²) in [6.07, 6.45) is 0. The van der Waals surface area contributed by atoms with Gasteiger partial charge in [-0.15, -0.1) is 0 Å². The Hall–Kier alpha value is -1.08. The van der Waals surface area contributed by atoms with Crippen molar-refractivity contribution in [3.05, 3.63) is 16.3 Å². The fourth-order valence-corrected chi connectivity index (χ4v) is 6.31. The Balaban J connectivity index is 3.68. The minimum atomic E-state index is -1.83. The first kappa shape index (κ1) is 25.0. The molecular weight excluding hydrogens is 715 g/mol. The summed E-state index contributed by atoms with van der Waals surface area (Å²) in [4.78, 5) is 58.4. The van der Waals surface area contributed by atoms with Crippen molar-refractivity contribution in [2.24, 2.45) is 0 Å². The molecule has 0 bridgehead atoms. The van der Waals surface area contributed by atoms with Crippen LogP contribution in [0.25, 0.3) is 0 Å². The van der Waals surface area contributed by atoms with Gasteiger partial charge in [0.05, 0.1) is 27.1 Å². The number of halogens is 3. The molecule has 0 aliphatic heterocycles. The topological polar surface area (TPSA) is 162 Å². The van der Waals surface area contributed by atoms with Crippen LogP contribution in [-0.2, 0) is 19.2 Å². The molecule has 152 valence electrons. The monoisotopic (exact) mass is 729 g/mol. The van der Waals surface area contributed by atoms with Crippen molar-refractivity contribution in [1.82, 2.24) is 5.32 Å². The second kappa shape index (κ2) is 10.6.